The number of hydrogen-bond acceptors (Lipinski definition) is 1. The molecule has 1 heterocycles. The molecule has 1 heteroatoms. The second kappa shape index (κ2) is 6.74. The van der Waals surface area contributed by atoms with Gasteiger partial charge in [0.15, 0.2) is 0 Å². The van der Waals surface area contributed by atoms with Crippen LogP contribution in [0.5, 0.6) is 0 Å². The lowest BCUT2D eigenvalue weighted by atomic mass is 10.1. The Morgan fingerprint density at radius 2 is 2.31 bits per heavy atom. The van der Waals surface area contributed by atoms with Crippen LogP contribution in [0.2, 0.25) is 0 Å². The van der Waals surface area contributed by atoms with Crippen LogP contribution in [0.25, 0.3) is 0 Å². The van der Waals surface area contributed by atoms with Crippen molar-refractivity contribution in [3.8, 4) is 11.8 Å². The molecule has 13 heavy (non-hydrogen) atoms. The van der Waals surface area contributed by atoms with E-state index in [0.29, 0.717) is 0 Å². The lowest BCUT2D eigenvalue weighted by Crippen LogP contribution is -1.74. The smallest absolute Gasteiger partial charge is 0.0611 e. The number of rotatable bonds is 4. The summed E-state index contributed by atoms with van der Waals surface area (Å²) in [5.41, 5.74) is 1.04. The Kier molecular flexibility index (Phi) is 5.36. The van der Waals surface area contributed by atoms with E-state index in [1.165, 1.54) is 25.7 Å². The molecule has 0 spiro atoms. The van der Waals surface area contributed by atoms with Gasteiger partial charge in [-0.3, -0.25) is 0 Å². The first-order valence-corrected chi connectivity index (χ1v) is 5.75. The van der Waals surface area contributed by atoms with Gasteiger partial charge in [-0.15, -0.1) is 11.3 Å². The lowest BCUT2D eigenvalue weighted by Gasteiger charge is -1.91. The minimum atomic E-state index is 1.03. The topological polar surface area (TPSA) is 0 Å². The molecule has 0 unspecified atom stereocenters. The van der Waals surface area contributed by atoms with Crippen molar-refractivity contribution in [1.82, 2.24) is 0 Å². The first-order valence-electron chi connectivity index (χ1n) is 4.87. The van der Waals surface area contributed by atoms with Crippen LogP contribution < -0.4 is 0 Å². The molecule has 0 aromatic carbocycles. The van der Waals surface area contributed by atoms with Gasteiger partial charge in [0.2, 0.25) is 0 Å². The first-order chi connectivity index (χ1) is 6.43. The minimum Gasteiger partial charge on any atom is -0.142 e. The van der Waals surface area contributed by atoms with Gasteiger partial charge in [-0.2, -0.15) is 0 Å². The Balaban J connectivity index is 2.11. The van der Waals surface area contributed by atoms with Gasteiger partial charge in [0.1, 0.15) is 0 Å². The molecule has 0 bridgehead atoms. The molecule has 0 atom stereocenters. The largest absolute Gasteiger partial charge is 0.142 e. The maximum atomic E-state index is 3.17. The van der Waals surface area contributed by atoms with Crippen molar-refractivity contribution in [2.45, 2.75) is 39.0 Å². The summed E-state index contributed by atoms with van der Waals surface area (Å²) in [6.07, 6.45) is 6.23. The third kappa shape index (κ3) is 4.75. The standard InChI is InChI=1S/C12H15S/c1-2-3-4-5-6-7-8-12-9-10-13-11-12/h9-10H,2-6H2,1H3. The SMILES string of the molecule is CCCCCCC#Cc1[c]scc1. The maximum Gasteiger partial charge on any atom is 0.0611 e. The molecule has 0 N–H and O–H groups in total. The molecular weight excluding hydrogens is 176 g/mol. The van der Waals surface area contributed by atoms with Crippen LogP contribution in [0.3, 0.4) is 0 Å². The highest BCUT2D eigenvalue weighted by molar-refractivity contribution is 7.07. The predicted octanol–water partition coefficient (Wildman–Crippen LogP) is 3.87. The van der Waals surface area contributed by atoms with Crippen molar-refractivity contribution < 1.29 is 0 Å². The Bertz CT molecular complexity index is 261. The van der Waals surface area contributed by atoms with Gasteiger partial charge in [-0.1, -0.05) is 38.0 Å². The molecule has 0 nitrogen and oxygen atoms in total. The summed E-state index contributed by atoms with van der Waals surface area (Å²) in [6.45, 7) is 2.23. The molecule has 1 aromatic rings. The number of unbranched alkanes of at least 4 members (excludes halogenated alkanes) is 4. The van der Waals surface area contributed by atoms with Gasteiger partial charge in [0.05, 0.1) is 5.38 Å². The fourth-order valence-corrected chi connectivity index (χ4v) is 1.62. The van der Waals surface area contributed by atoms with Gasteiger partial charge < -0.3 is 0 Å². The Hall–Kier alpha value is -0.740. The van der Waals surface area contributed by atoms with Gasteiger partial charge in [-0.25, -0.2) is 0 Å². The summed E-state index contributed by atoms with van der Waals surface area (Å²) in [6, 6.07) is 2.02. The fourth-order valence-electron chi connectivity index (χ4n) is 1.10. The van der Waals surface area contributed by atoms with E-state index in [2.05, 4.69) is 24.1 Å². The van der Waals surface area contributed by atoms with Gasteiger partial charge in [0, 0.05) is 12.0 Å². The Morgan fingerprint density at radius 1 is 1.38 bits per heavy atom. The van der Waals surface area contributed by atoms with Crippen molar-refractivity contribution in [3.05, 3.63) is 22.4 Å². The lowest BCUT2D eigenvalue weighted by molar-refractivity contribution is 0.679. The molecule has 0 aliphatic rings. The molecule has 0 amide bonds. The number of hydrogen-bond donors (Lipinski definition) is 0. The zero-order chi connectivity index (χ0) is 9.36. The summed E-state index contributed by atoms with van der Waals surface area (Å²) >= 11 is 1.58. The highest BCUT2D eigenvalue weighted by Crippen LogP contribution is 2.04. The van der Waals surface area contributed by atoms with Gasteiger partial charge in [-0.05, 0) is 17.9 Å². The van der Waals surface area contributed by atoms with Crippen molar-refractivity contribution >= 4 is 11.3 Å². The first kappa shape index (κ1) is 10.3. The van der Waals surface area contributed by atoms with Crippen LogP contribution in [0.1, 0.15) is 44.6 Å². The third-order valence-electron chi connectivity index (χ3n) is 1.85. The summed E-state index contributed by atoms with van der Waals surface area (Å²) in [7, 11) is 0. The third-order valence-corrected chi connectivity index (χ3v) is 2.46. The molecule has 1 rings (SSSR count). The van der Waals surface area contributed by atoms with E-state index in [4.69, 9.17) is 0 Å². The minimum absolute atomic E-state index is 1.03. The van der Waals surface area contributed by atoms with Crippen LogP contribution in [-0.2, 0) is 0 Å². The van der Waals surface area contributed by atoms with Crippen molar-refractivity contribution in [3.63, 3.8) is 0 Å². The molecule has 0 aliphatic heterocycles. The van der Waals surface area contributed by atoms with Crippen LogP contribution in [0.4, 0.5) is 0 Å². The normalized spacial score (nSPS) is 9.31. The summed E-state index contributed by atoms with van der Waals surface area (Å²) in [5, 5.41) is 5.12. The Morgan fingerprint density at radius 3 is 3.00 bits per heavy atom. The zero-order valence-corrected chi connectivity index (χ0v) is 8.91. The van der Waals surface area contributed by atoms with E-state index >= 15 is 0 Å². The summed E-state index contributed by atoms with van der Waals surface area (Å²) in [5.74, 6) is 6.28. The zero-order valence-electron chi connectivity index (χ0n) is 8.10. The molecule has 0 saturated carbocycles. The highest BCUT2D eigenvalue weighted by atomic mass is 32.1. The Labute approximate surface area is 85.0 Å². The van der Waals surface area contributed by atoms with E-state index in [1.54, 1.807) is 11.3 Å². The van der Waals surface area contributed by atoms with Crippen molar-refractivity contribution in [1.29, 1.82) is 0 Å². The molecule has 69 valence electrons. The van der Waals surface area contributed by atoms with Crippen LogP contribution in [-0.4, -0.2) is 0 Å². The monoisotopic (exact) mass is 191 g/mol. The number of thiophene rings is 1. The van der Waals surface area contributed by atoms with E-state index in [9.17, 15) is 0 Å². The van der Waals surface area contributed by atoms with E-state index in [1.807, 2.05) is 11.4 Å². The molecule has 1 radical (unpaired) electrons. The molecule has 0 aliphatic carbocycles. The van der Waals surface area contributed by atoms with Gasteiger partial charge >= 0.3 is 0 Å². The second-order valence-electron chi connectivity index (χ2n) is 3.05. The average molecular weight is 191 g/mol. The van der Waals surface area contributed by atoms with Crippen molar-refractivity contribution in [2.24, 2.45) is 0 Å². The summed E-state index contributed by atoms with van der Waals surface area (Å²) < 4.78 is 0. The van der Waals surface area contributed by atoms with Crippen LogP contribution in [0.15, 0.2) is 11.4 Å². The molecule has 1 aromatic heterocycles. The van der Waals surface area contributed by atoms with Crippen molar-refractivity contribution in [2.75, 3.05) is 0 Å². The molecule has 0 saturated heterocycles. The predicted molar refractivity (Wildman–Crippen MR) is 58.8 cm³/mol. The summed E-state index contributed by atoms with van der Waals surface area (Å²) in [4.78, 5) is 0. The average Bonchev–Trinajstić information content (AvgIpc) is 2.63. The quantitative estimate of drug-likeness (QED) is 0.500. The van der Waals surface area contributed by atoms with E-state index in [-0.39, 0.29) is 0 Å². The molecule has 0 fully saturated rings. The second-order valence-corrected chi connectivity index (χ2v) is 3.76. The highest BCUT2D eigenvalue weighted by Gasteiger charge is 1.86. The van der Waals surface area contributed by atoms with Crippen LogP contribution in [0, 0.1) is 17.2 Å². The molecular formula is C12H15S. The maximum absolute atomic E-state index is 3.17. The van der Waals surface area contributed by atoms with Crippen LogP contribution >= 0.6 is 11.3 Å². The fraction of sp³-hybridized carbons (Fsp3) is 0.500. The van der Waals surface area contributed by atoms with Gasteiger partial charge in [0.25, 0.3) is 0 Å². The van der Waals surface area contributed by atoms with E-state index in [0.717, 1.165) is 12.0 Å². The van der Waals surface area contributed by atoms with E-state index < -0.39 is 0 Å².